The molecule has 1 N–H and O–H groups in total. The molecule has 0 saturated carbocycles. The van der Waals surface area contributed by atoms with E-state index in [1.807, 2.05) is 0 Å². The molecule has 1 aromatic carbocycles. The molecule has 4 unspecified atom stereocenters. The molecule has 0 amide bonds. The van der Waals surface area contributed by atoms with E-state index >= 15 is 0 Å². The fourth-order valence-electron chi connectivity index (χ4n) is 2.31. The Hall–Kier alpha value is 0.610. The van der Waals surface area contributed by atoms with Crippen LogP contribution in [0.1, 0.15) is 19.4 Å². The van der Waals surface area contributed by atoms with Crippen molar-refractivity contribution in [2.75, 3.05) is 12.8 Å². The summed E-state index contributed by atoms with van der Waals surface area (Å²) in [6.45, 7) is 4.72. The van der Waals surface area contributed by atoms with Gasteiger partial charge < -0.3 is 5.32 Å². The average molecular weight is 407 g/mol. The van der Waals surface area contributed by atoms with Crippen LogP contribution < -0.4 is 5.32 Å². The normalized spacial score (nSPS) is 29.2. The molecule has 1 nitrogen and oxygen atoms in total. The van der Waals surface area contributed by atoms with Gasteiger partial charge in [-0.3, -0.25) is 0 Å². The lowest BCUT2D eigenvalue weighted by Gasteiger charge is -2.36. The molecule has 0 bridgehead atoms. The van der Waals surface area contributed by atoms with Crippen LogP contribution in [-0.4, -0.2) is 34.6 Å². The second-order valence-electron chi connectivity index (χ2n) is 5.14. The Morgan fingerprint density at radius 2 is 1.95 bits per heavy atom. The van der Waals surface area contributed by atoms with Crippen LogP contribution in [0.3, 0.4) is 0 Å². The second-order valence-corrected chi connectivity index (χ2v) is 9.42. The maximum Gasteiger partial charge on any atom is 0.0298 e. The standard InChI is InChI=1S/C15H22INS2/c1-10-11(2)19-15(9-18-10)14(17-3)8-12-4-6-13(16)7-5-12/h4-7,10-11,14-15,17H,8-9H2,1-3H3. The van der Waals surface area contributed by atoms with Gasteiger partial charge in [0.2, 0.25) is 0 Å². The number of halogens is 1. The molecule has 4 atom stereocenters. The molecular formula is C15H22INS2. The van der Waals surface area contributed by atoms with E-state index < -0.39 is 0 Å². The summed E-state index contributed by atoms with van der Waals surface area (Å²) in [5, 5.41) is 5.81. The van der Waals surface area contributed by atoms with E-state index in [1.54, 1.807) is 0 Å². The Morgan fingerprint density at radius 3 is 2.53 bits per heavy atom. The molecule has 1 heterocycles. The van der Waals surface area contributed by atoms with E-state index in [-0.39, 0.29) is 0 Å². The zero-order valence-corrected chi connectivity index (χ0v) is 15.5. The fraction of sp³-hybridized carbons (Fsp3) is 0.600. The predicted octanol–water partition coefficient (Wildman–Crippen LogP) is 4.05. The largest absolute Gasteiger partial charge is 0.316 e. The minimum atomic E-state index is 0.576. The number of thioether (sulfide) groups is 2. The Balaban J connectivity index is 1.98. The Morgan fingerprint density at radius 1 is 1.26 bits per heavy atom. The molecule has 1 aliphatic heterocycles. The zero-order chi connectivity index (χ0) is 13.8. The average Bonchev–Trinajstić information content (AvgIpc) is 2.41. The Labute approximate surface area is 139 Å². The molecule has 4 heteroatoms. The van der Waals surface area contributed by atoms with Gasteiger partial charge in [0, 0.05) is 31.1 Å². The lowest BCUT2D eigenvalue weighted by molar-refractivity contribution is 0.554. The zero-order valence-electron chi connectivity index (χ0n) is 11.7. The van der Waals surface area contributed by atoms with E-state index in [1.165, 1.54) is 14.9 Å². The monoisotopic (exact) mass is 407 g/mol. The van der Waals surface area contributed by atoms with E-state index in [4.69, 9.17) is 0 Å². The summed E-state index contributed by atoms with van der Waals surface area (Å²) in [6, 6.07) is 9.51. The minimum absolute atomic E-state index is 0.576. The molecule has 0 spiro atoms. The molecular weight excluding hydrogens is 385 g/mol. The number of hydrogen-bond donors (Lipinski definition) is 1. The van der Waals surface area contributed by atoms with Crippen LogP contribution >= 0.6 is 46.1 Å². The lowest BCUT2D eigenvalue weighted by Crippen LogP contribution is -2.43. The molecule has 0 radical (unpaired) electrons. The number of hydrogen-bond acceptors (Lipinski definition) is 3. The highest BCUT2D eigenvalue weighted by molar-refractivity contribution is 14.1. The smallest absolute Gasteiger partial charge is 0.0298 e. The van der Waals surface area contributed by atoms with Gasteiger partial charge in [0.05, 0.1) is 0 Å². The predicted molar refractivity (Wildman–Crippen MR) is 98.5 cm³/mol. The third kappa shape index (κ3) is 4.55. The third-order valence-corrected chi connectivity index (χ3v) is 8.03. The van der Waals surface area contributed by atoms with Gasteiger partial charge in [0.15, 0.2) is 0 Å². The summed E-state index contributed by atoms with van der Waals surface area (Å²) in [6.07, 6.45) is 1.13. The lowest BCUT2D eigenvalue weighted by atomic mass is 10.0. The number of likely N-dealkylation sites (N-methyl/N-ethyl adjacent to an activating group) is 1. The Kier molecular flexibility index (Phi) is 6.37. The summed E-state index contributed by atoms with van der Waals surface area (Å²) < 4.78 is 1.31. The van der Waals surface area contributed by atoms with Crippen molar-refractivity contribution in [2.45, 2.75) is 42.1 Å². The van der Waals surface area contributed by atoms with Crippen molar-refractivity contribution in [3.05, 3.63) is 33.4 Å². The van der Waals surface area contributed by atoms with Crippen molar-refractivity contribution in [3.63, 3.8) is 0 Å². The molecule has 0 aliphatic carbocycles. The first-order valence-electron chi connectivity index (χ1n) is 6.79. The van der Waals surface area contributed by atoms with Gasteiger partial charge in [-0.15, -0.1) is 0 Å². The quantitative estimate of drug-likeness (QED) is 0.757. The summed E-state index contributed by atoms with van der Waals surface area (Å²) in [5.41, 5.74) is 1.44. The van der Waals surface area contributed by atoms with Gasteiger partial charge in [-0.1, -0.05) is 26.0 Å². The highest BCUT2D eigenvalue weighted by Crippen LogP contribution is 2.37. The second kappa shape index (κ2) is 7.57. The van der Waals surface area contributed by atoms with Crippen molar-refractivity contribution in [1.29, 1.82) is 0 Å². The molecule has 106 valence electrons. The topological polar surface area (TPSA) is 12.0 Å². The highest BCUT2D eigenvalue weighted by atomic mass is 127. The van der Waals surface area contributed by atoms with Gasteiger partial charge in [-0.25, -0.2) is 0 Å². The molecule has 19 heavy (non-hydrogen) atoms. The first-order valence-corrected chi connectivity index (χ1v) is 9.86. The van der Waals surface area contributed by atoms with Crippen LogP contribution in [-0.2, 0) is 6.42 Å². The van der Waals surface area contributed by atoms with Crippen molar-refractivity contribution in [3.8, 4) is 0 Å². The molecule has 1 fully saturated rings. The summed E-state index contributed by atoms with van der Waals surface area (Å²) in [7, 11) is 2.10. The minimum Gasteiger partial charge on any atom is -0.316 e. The van der Waals surface area contributed by atoms with E-state index in [9.17, 15) is 0 Å². The van der Waals surface area contributed by atoms with E-state index in [2.05, 4.69) is 96.6 Å². The van der Waals surface area contributed by atoms with Crippen molar-refractivity contribution < 1.29 is 0 Å². The van der Waals surface area contributed by atoms with Crippen LogP contribution in [0.25, 0.3) is 0 Å². The van der Waals surface area contributed by atoms with Gasteiger partial charge in [0.1, 0.15) is 0 Å². The number of nitrogens with one attached hydrogen (secondary N) is 1. The first kappa shape index (κ1) is 16.0. The maximum absolute atomic E-state index is 3.53. The third-order valence-electron chi connectivity index (χ3n) is 3.76. The highest BCUT2D eigenvalue weighted by Gasteiger charge is 2.30. The van der Waals surface area contributed by atoms with Gasteiger partial charge in [-0.05, 0) is 53.8 Å². The van der Waals surface area contributed by atoms with Crippen molar-refractivity contribution >= 4 is 46.1 Å². The molecule has 0 aromatic heterocycles. The van der Waals surface area contributed by atoms with Crippen LogP contribution in [0.2, 0.25) is 0 Å². The maximum atomic E-state index is 3.53. The van der Waals surface area contributed by atoms with Gasteiger partial charge in [0.25, 0.3) is 0 Å². The summed E-state index contributed by atoms with van der Waals surface area (Å²) >= 11 is 6.66. The van der Waals surface area contributed by atoms with E-state index in [0.717, 1.165) is 22.2 Å². The number of benzene rings is 1. The fourth-order valence-corrected chi connectivity index (χ4v) is 5.84. The van der Waals surface area contributed by atoms with Crippen LogP contribution in [0.4, 0.5) is 0 Å². The van der Waals surface area contributed by atoms with Gasteiger partial charge >= 0.3 is 0 Å². The molecule has 1 aliphatic rings. The van der Waals surface area contributed by atoms with Crippen molar-refractivity contribution in [1.82, 2.24) is 5.32 Å². The van der Waals surface area contributed by atoms with E-state index in [0.29, 0.717) is 6.04 Å². The van der Waals surface area contributed by atoms with Gasteiger partial charge in [-0.2, -0.15) is 23.5 Å². The molecule has 1 aromatic rings. The van der Waals surface area contributed by atoms with Crippen LogP contribution in [0.5, 0.6) is 0 Å². The summed E-state index contributed by atoms with van der Waals surface area (Å²) in [5.74, 6) is 1.27. The van der Waals surface area contributed by atoms with Crippen molar-refractivity contribution in [2.24, 2.45) is 0 Å². The van der Waals surface area contributed by atoms with Crippen LogP contribution in [0, 0.1) is 3.57 Å². The Bertz CT molecular complexity index is 396. The summed E-state index contributed by atoms with van der Waals surface area (Å²) in [4.78, 5) is 0. The van der Waals surface area contributed by atoms with Crippen LogP contribution in [0.15, 0.2) is 24.3 Å². The molecule has 1 saturated heterocycles. The number of rotatable bonds is 4. The first-order chi connectivity index (χ1) is 9.10. The molecule has 2 rings (SSSR count). The SMILES string of the molecule is CNC(Cc1ccc(I)cc1)C1CSC(C)C(C)S1.